The van der Waals surface area contributed by atoms with Crippen molar-refractivity contribution in [2.75, 3.05) is 5.32 Å². The standard InChI is InChI=1S/C26H22ClNO7/c1-15-6-3-8-17(12-15)25(32)34-21(23(29)28-20-11-5-10-19(27)14-20)22(24(30)31)35-26(33)18-9-4-7-16(2)13-18/h3-14,21-22H,1-2H3,(H,28,29)(H,30,31)/t21-,22+/m0/s1. The number of aliphatic carboxylic acids is 1. The number of carbonyl (C=O) groups is 4. The third-order valence-corrected chi connectivity index (χ3v) is 5.08. The van der Waals surface area contributed by atoms with E-state index in [1.807, 2.05) is 0 Å². The lowest BCUT2D eigenvalue weighted by molar-refractivity contribution is -0.157. The number of carboxylic acid groups (broad SMARTS) is 1. The number of aryl methyl sites for hydroxylation is 2. The third kappa shape index (κ3) is 6.91. The number of benzene rings is 3. The third-order valence-electron chi connectivity index (χ3n) is 4.84. The largest absolute Gasteiger partial charge is 0.478 e. The maximum Gasteiger partial charge on any atom is 0.349 e. The first-order chi connectivity index (χ1) is 16.6. The second-order valence-electron chi connectivity index (χ2n) is 7.73. The van der Waals surface area contributed by atoms with Gasteiger partial charge in [-0.1, -0.05) is 53.1 Å². The van der Waals surface area contributed by atoms with Crippen molar-refractivity contribution in [1.82, 2.24) is 0 Å². The molecule has 3 rings (SSSR count). The molecule has 0 aliphatic carbocycles. The zero-order chi connectivity index (χ0) is 25.5. The highest BCUT2D eigenvalue weighted by molar-refractivity contribution is 6.30. The van der Waals surface area contributed by atoms with Gasteiger partial charge in [-0.3, -0.25) is 4.79 Å². The Hall–Kier alpha value is -4.17. The average Bonchev–Trinajstić information content (AvgIpc) is 2.80. The zero-order valence-corrected chi connectivity index (χ0v) is 19.6. The molecule has 0 aliphatic rings. The minimum atomic E-state index is -2.13. The average molecular weight is 496 g/mol. The fourth-order valence-corrected chi connectivity index (χ4v) is 3.38. The molecule has 2 atom stereocenters. The topological polar surface area (TPSA) is 119 Å². The Balaban J connectivity index is 1.92. The monoisotopic (exact) mass is 495 g/mol. The summed E-state index contributed by atoms with van der Waals surface area (Å²) in [7, 11) is 0. The summed E-state index contributed by atoms with van der Waals surface area (Å²) in [5.74, 6) is -4.64. The molecule has 0 aromatic heterocycles. The van der Waals surface area contributed by atoms with Crippen LogP contribution in [0.3, 0.4) is 0 Å². The molecule has 0 heterocycles. The molecule has 8 nitrogen and oxygen atoms in total. The normalized spacial score (nSPS) is 12.2. The number of anilines is 1. The molecule has 0 fully saturated rings. The van der Waals surface area contributed by atoms with E-state index in [0.29, 0.717) is 5.02 Å². The van der Waals surface area contributed by atoms with E-state index in [9.17, 15) is 24.3 Å². The first kappa shape index (κ1) is 25.5. The van der Waals surface area contributed by atoms with Gasteiger partial charge in [-0.2, -0.15) is 0 Å². The van der Waals surface area contributed by atoms with E-state index in [-0.39, 0.29) is 16.8 Å². The van der Waals surface area contributed by atoms with Gasteiger partial charge in [0.2, 0.25) is 12.2 Å². The van der Waals surface area contributed by atoms with Crippen molar-refractivity contribution in [2.45, 2.75) is 26.1 Å². The lowest BCUT2D eigenvalue weighted by Crippen LogP contribution is -2.48. The Kier molecular flexibility index (Phi) is 8.22. The van der Waals surface area contributed by atoms with Gasteiger partial charge in [-0.25, -0.2) is 14.4 Å². The molecule has 0 spiro atoms. The summed E-state index contributed by atoms with van der Waals surface area (Å²) in [5, 5.41) is 12.6. The highest BCUT2D eigenvalue weighted by atomic mass is 35.5. The number of carboxylic acids is 1. The number of halogens is 1. The van der Waals surface area contributed by atoms with Crippen molar-refractivity contribution < 1.29 is 33.8 Å². The summed E-state index contributed by atoms with van der Waals surface area (Å²) in [5.41, 5.74) is 1.90. The lowest BCUT2D eigenvalue weighted by atomic mass is 10.1. The van der Waals surface area contributed by atoms with Crippen LogP contribution in [0.4, 0.5) is 5.69 Å². The second kappa shape index (κ2) is 11.3. The molecule has 0 aliphatic heterocycles. The second-order valence-corrected chi connectivity index (χ2v) is 8.17. The van der Waals surface area contributed by atoms with Crippen LogP contribution in [-0.2, 0) is 19.1 Å². The predicted octanol–water partition coefficient (Wildman–Crippen LogP) is 4.43. The maximum atomic E-state index is 13.1. The van der Waals surface area contributed by atoms with Gasteiger partial charge in [0.1, 0.15) is 0 Å². The molecule has 0 radical (unpaired) electrons. The highest BCUT2D eigenvalue weighted by Crippen LogP contribution is 2.19. The molecular formula is C26H22ClNO7. The van der Waals surface area contributed by atoms with E-state index in [2.05, 4.69) is 5.32 Å². The van der Waals surface area contributed by atoms with Crippen LogP contribution in [0.25, 0.3) is 0 Å². The number of rotatable bonds is 8. The molecule has 3 aromatic carbocycles. The molecule has 9 heteroatoms. The van der Waals surface area contributed by atoms with Crippen molar-refractivity contribution in [3.8, 4) is 0 Å². The van der Waals surface area contributed by atoms with Crippen LogP contribution < -0.4 is 5.32 Å². The molecular weight excluding hydrogens is 474 g/mol. The molecule has 3 aromatic rings. The summed E-state index contributed by atoms with van der Waals surface area (Å²) < 4.78 is 10.5. The number of amides is 1. The quantitative estimate of drug-likeness (QED) is 0.443. The van der Waals surface area contributed by atoms with Gasteiger partial charge in [0.25, 0.3) is 5.91 Å². The van der Waals surface area contributed by atoms with Crippen LogP contribution in [0.15, 0.2) is 72.8 Å². The van der Waals surface area contributed by atoms with E-state index in [1.54, 1.807) is 50.2 Å². The molecule has 0 saturated heterocycles. The maximum absolute atomic E-state index is 13.1. The van der Waals surface area contributed by atoms with Gasteiger partial charge >= 0.3 is 17.9 Å². The van der Waals surface area contributed by atoms with Crippen molar-refractivity contribution in [2.24, 2.45) is 0 Å². The van der Waals surface area contributed by atoms with Crippen molar-refractivity contribution in [1.29, 1.82) is 0 Å². The van der Waals surface area contributed by atoms with Gasteiger partial charge in [0.05, 0.1) is 11.1 Å². The number of hydrogen-bond donors (Lipinski definition) is 2. The van der Waals surface area contributed by atoms with E-state index < -0.39 is 36.0 Å². The van der Waals surface area contributed by atoms with E-state index in [0.717, 1.165) is 11.1 Å². The minimum Gasteiger partial charge on any atom is -0.478 e. The van der Waals surface area contributed by atoms with Gasteiger partial charge < -0.3 is 19.9 Å². The predicted molar refractivity (Wildman–Crippen MR) is 128 cm³/mol. The van der Waals surface area contributed by atoms with Gasteiger partial charge in [-0.05, 0) is 56.3 Å². The summed E-state index contributed by atoms with van der Waals surface area (Å²) in [4.78, 5) is 50.6. The van der Waals surface area contributed by atoms with E-state index >= 15 is 0 Å². The smallest absolute Gasteiger partial charge is 0.349 e. The Bertz CT molecular complexity index is 1270. The Morgan fingerprint density at radius 2 is 1.29 bits per heavy atom. The van der Waals surface area contributed by atoms with Gasteiger partial charge in [0.15, 0.2) is 0 Å². The van der Waals surface area contributed by atoms with E-state index in [4.69, 9.17) is 21.1 Å². The number of ether oxygens (including phenoxy) is 2. The van der Waals surface area contributed by atoms with Gasteiger partial charge in [-0.15, -0.1) is 0 Å². The fraction of sp³-hybridized carbons (Fsp3) is 0.154. The molecule has 1 amide bonds. The first-order valence-corrected chi connectivity index (χ1v) is 10.9. The zero-order valence-electron chi connectivity index (χ0n) is 18.9. The van der Waals surface area contributed by atoms with Crippen LogP contribution in [0.2, 0.25) is 5.02 Å². The molecule has 35 heavy (non-hydrogen) atoms. The van der Waals surface area contributed by atoms with E-state index in [1.165, 1.54) is 36.4 Å². The number of carbonyl (C=O) groups excluding carboxylic acids is 3. The fourth-order valence-electron chi connectivity index (χ4n) is 3.18. The summed E-state index contributed by atoms with van der Waals surface area (Å²) in [6.45, 7) is 3.50. The van der Waals surface area contributed by atoms with Crippen LogP contribution in [0.5, 0.6) is 0 Å². The first-order valence-electron chi connectivity index (χ1n) is 10.5. The molecule has 0 unspecified atom stereocenters. The van der Waals surface area contributed by atoms with Gasteiger partial charge in [0, 0.05) is 10.7 Å². The number of esters is 2. The van der Waals surface area contributed by atoms with Crippen LogP contribution in [0, 0.1) is 13.8 Å². The minimum absolute atomic E-state index is 0.0789. The molecule has 2 N–H and O–H groups in total. The molecule has 0 saturated carbocycles. The van der Waals surface area contributed by atoms with Crippen LogP contribution in [-0.4, -0.2) is 41.1 Å². The molecule has 0 bridgehead atoms. The molecule has 180 valence electrons. The van der Waals surface area contributed by atoms with Crippen molar-refractivity contribution in [3.05, 3.63) is 100 Å². The Labute approximate surface area is 206 Å². The number of hydrogen-bond acceptors (Lipinski definition) is 6. The summed E-state index contributed by atoms with van der Waals surface area (Å²) in [6.07, 6.45) is -4.13. The summed E-state index contributed by atoms with van der Waals surface area (Å²) >= 11 is 5.95. The van der Waals surface area contributed by atoms with Crippen LogP contribution >= 0.6 is 11.6 Å². The highest BCUT2D eigenvalue weighted by Gasteiger charge is 2.41. The van der Waals surface area contributed by atoms with Crippen LogP contribution in [0.1, 0.15) is 31.8 Å². The lowest BCUT2D eigenvalue weighted by Gasteiger charge is -2.23. The SMILES string of the molecule is Cc1cccc(C(=O)O[C@H](C(=O)Nc2cccc(Cl)c2)[C@@H](OC(=O)c2cccc(C)c2)C(=O)O)c1. The number of nitrogens with one attached hydrogen (secondary N) is 1. The van der Waals surface area contributed by atoms with Crippen molar-refractivity contribution >= 4 is 41.1 Å². The van der Waals surface area contributed by atoms with Crippen molar-refractivity contribution in [3.63, 3.8) is 0 Å². The Morgan fingerprint density at radius 3 is 1.77 bits per heavy atom. The summed E-state index contributed by atoms with van der Waals surface area (Å²) in [6, 6.07) is 18.7. The Morgan fingerprint density at radius 1 is 0.771 bits per heavy atom.